The molecule has 0 spiro atoms. The van der Waals surface area contributed by atoms with Crippen molar-refractivity contribution in [1.82, 2.24) is 10.0 Å². The zero-order valence-electron chi connectivity index (χ0n) is 13.3. The van der Waals surface area contributed by atoms with Gasteiger partial charge in [-0.25, -0.2) is 13.1 Å². The third-order valence-electron chi connectivity index (χ3n) is 3.06. The standard InChI is InChI=1S/C15H25N3O3S/c1-11(2)18-22(20,21)10-14-6-4-13(5-7-14)9-17-15(19)12(3)8-16/h4-7,11-12,18H,8-10,16H2,1-3H3,(H,17,19). The molecular formula is C15H25N3O3S. The van der Waals surface area contributed by atoms with Crippen molar-refractivity contribution in [2.24, 2.45) is 11.7 Å². The Labute approximate surface area is 132 Å². The molecule has 0 saturated heterocycles. The molecular weight excluding hydrogens is 302 g/mol. The van der Waals surface area contributed by atoms with Gasteiger partial charge in [0, 0.05) is 25.0 Å². The van der Waals surface area contributed by atoms with Crippen LogP contribution in [0.15, 0.2) is 24.3 Å². The quantitative estimate of drug-likeness (QED) is 0.655. The summed E-state index contributed by atoms with van der Waals surface area (Å²) in [5.74, 6) is -0.357. The van der Waals surface area contributed by atoms with Gasteiger partial charge < -0.3 is 11.1 Å². The van der Waals surface area contributed by atoms with E-state index in [1.165, 1.54) is 0 Å². The summed E-state index contributed by atoms with van der Waals surface area (Å²) in [6, 6.07) is 7.02. The molecule has 0 aliphatic carbocycles. The molecule has 0 heterocycles. The Kier molecular flexibility index (Phi) is 6.99. The largest absolute Gasteiger partial charge is 0.352 e. The SMILES string of the molecule is CC(C)NS(=O)(=O)Cc1ccc(CNC(=O)C(C)CN)cc1. The number of carbonyl (C=O) groups is 1. The molecule has 1 aromatic carbocycles. The molecule has 0 aliphatic heterocycles. The second-order valence-corrected chi connectivity index (χ2v) is 7.46. The average Bonchev–Trinajstić information content (AvgIpc) is 2.43. The Bertz CT molecular complexity index is 583. The van der Waals surface area contributed by atoms with Gasteiger partial charge in [0.1, 0.15) is 0 Å². The number of rotatable bonds is 8. The highest BCUT2D eigenvalue weighted by Gasteiger charge is 2.13. The van der Waals surface area contributed by atoms with E-state index < -0.39 is 10.0 Å². The molecule has 0 radical (unpaired) electrons. The third-order valence-corrected chi connectivity index (χ3v) is 4.61. The van der Waals surface area contributed by atoms with Crippen LogP contribution in [0.1, 0.15) is 31.9 Å². The Balaban J connectivity index is 2.58. The summed E-state index contributed by atoms with van der Waals surface area (Å²) in [7, 11) is -3.32. The molecule has 0 aliphatic rings. The van der Waals surface area contributed by atoms with Crippen LogP contribution < -0.4 is 15.8 Å². The van der Waals surface area contributed by atoms with Crippen LogP contribution >= 0.6 is 0 Å². The number of nitrogens with two attached hydrogens (primary N) is 1. The number of hydrogen-bond acceptors (Lipinski definition) is 4. The van der Waals surface area contributed by atoms with Gasteiger partial charge in [-0.1, -0.05) is 31.2 Å². The van der Waals surface area contributed by atoms with E-state index in [4.69, 9.17) is 5.73 Å². The first-order valence-corrected chi connectivity index (χ1v) is 8.94. The summed E-state index contributed by atoms with van der Waals surface area (Å²) in [6.45, 7) is 6.05. The van der Waals surface area contributed by atoms with Gasteiger partial charge in [-0.05, 0) is 25.0 Å². The molecule has 1 amide bonds. The Morgan fingerprint density at radius 1 is 1.14 bits per heavy atom. The summed E-state index contributed by atoms with van der Waals surface area (Å²) < 4.78 is 26.2. The van der Waals surface area contributed by atoms with E-state index in [0.717, 1.165) is 5.56 Å². The van der Waals surface area contributed by atoms with Gasteiger partial charge in [0.05, 0.1) is 5.75 Å². The van der Waals surface area contributed by atoms with Crippen LogP contribution in [0, 0.1) is 5.92 Å². The Morgan fingerprint density at radius 3 is 2.18 bits per heavy atom. The molecule has 1 rings (SSSR count). The average molecular weight is 327 g/mol. The van der Waals surface area contributed by atoms with Crippen molar-refractivity contribution in [3.8, 4) is 0 Å². The van der Waals surface area contributed by atoms with Gasteiger partial charge in [0.25, 0.3) is 0 Å². The van der Waals surface area contributed by atoms with Crippen LogP contribution in [-0.2, 0) is 27.1 Å². The zero-order chi connectivity index (χ0) is 16.8. The van der Waals surface area contributed by atoms with E-state index in [2.05, 4.69) is 10.0 Å². The first-order chi connectivity index (χ1) is 10.2. The minimum absolute atomic E-state index is 0.0535. The smallest absolute Gasteiger partial charge is 0.224 e. The highest BCUT2D eigenvalue weighted by atomic mass is 32.2. The van der Waals surface area contributed by atoms with E-state index in [1.54, 1.807) is 32.9 Å². The highest BCUT2D eigenvalue weighted by molar-refractivity contribution is 7.88. The summed E-state index contributed by atoms with van der Waals surface area (Å²) in [6.07, 6.45) is 0. The van der Waals surface area contributed by atoms with Crippen LogP contribution in [0.5, 0.6) is 0 Å². The fraction of sp³-hybridized carbons (Fsp3) is 0.533. The first kappa shape index (κ1) is 18.6. The van der Waals surface area contributed by atoms with E-state index in [0.29, 0.717) is 18.7 Å². The second-order valence-electron chi connectivity index (χ2n) is 5.70. The highest BCUT2D eigenvalue weighted by Crippen LogP contribution is 2.08. The molecule has 0 aromatic heterocycles. The minimum atomic E-state index is -3.32. The van der Waals surface area contributed by atoms with Crippen LogP contribution in [0.2, 0.25) is 0 Å². The van der Waals surface area contributed by atoms with E-state index in [1.807, 2.05) is 12.1 Å². The van der Waals surface area contributed by atoms with Gasteiger partial charge in [0.2, 0.25) is 15.9 Å². The number of sulfonamides is 1. The maximum Gasteiger partial charge on any atom is 0.224 e. The van der Waals surface area contributed by atoms with Crippen molar-refractivity contribution in [3.05, 3.63) is 35.4 Å². The van der Waals surface area contributed by atoms with Crippen LogP contribution in [0.25, 0.3) is 0 Å². The van der Waals surface area contributed by atoms with Crippen molar-refractivity contribution < 1.29 is 13.2 Å². The number of hydrogen-bond donors (Lipinski definition) is 3. The van der Waals surface area contributed by atoms with Gasteiger partial charge in [-0.2, -0.15) is 0 Å². The minimum Gasteiger partial charge on any atom is -0.352 e. The van der Waals surface area contributed by atoms with Gasteiger partial charge in [-0.3, -0.25) is 4.79 Å². The summed E-state index contributed by atoms with van der Waals surface area (Å²) >= 11 is 0. The zero-order valence-corrected chi connectivity index (χ0v) is 14.1. The molecule has 1 aromatic rings. The fourth-order valence-corrected chi connectivity index (χ4v) is 3.28. The molecule has 6 nitrogen and oxygen atoms in total. The molecule has 7 heteroatoms. The van der Waals surface area contributed by atoms with E-state index in [-0.39, 0.29) is 23.6 Å². The predicted molar refractivity (Wildman–Crippen MR) is 87.4 cm³/mol. The second kappa shape index (κ2) is 8.26. The molecule has 1 unspecified atom stereocenters. The third kappa shape index (κ3) is 6.55. The molecule has 1 atom stereocenters. The number of carbonyl (C=O) groups excluding carboxylic acids is 1. The summed E-state index contributed by atoms with van der Waals surface area (Å²) in [4.78, 5) is 11.6. The number of benzene rings is 1. The lowest BCUT2D eigenvalue weighted by Crippen LogP contribution is -2.32. The summed E-state index contributed by atoms with van der Waals surface area (Å²) in [5.41, 5.74) is 7.05. The summed E-state index contributed by atoms with van der Waals surface area (Å²) in [5, 5.41) is 2.79. The van der Waals surface area contributed by atoms with Crippen molar-refractivity contribution in [3.63, 3.8) is 0 Å². The normalized spacial score (nSPS) is 13.1. The predicted octanol–water partition coefficient (Wildman–Crippen LogP) is 0.725. The van der Waals surface area contributed by atoms with Gasteiger partial charge in [-0.15, -0.1) is 0 Å². The Hall–Kier alpha value is -1.44. The molecule has 0 bridgehead atoms. The lowest BCUT2D eigenvalue weighted by atomic mass is 10.1. The lowest BCUT2D eigenvalue weighted by Gasteiger charge is -2.11. The van der Waals surface area contributed by atoms with Gasteiger partial charge >= 0.3 is 0 Å². The van der Waals surface area contributed by atoms with Crippen LogP contribution in [0.3, 0.4) is 0 Å². The Morgan fingerprint density at radius 2 is 1.68 bits per heavy atom. The van der Waals surface area contributed by atoms with E-state index in [9.17, 15) is 13.2 Å². The molecule has 124 valence electrons. The number of nitrogens with one attached hydrogen (secondary N) is 2. The van der Waals surface area contributed by atoms with E-state index >= 15 is 0 Å². The van der Waals surface area contributed by atoms with Gasteiger partial charge in [0.15, 0.2) is 0 Å². The molecule has 0 saturated carbocycles. The maximum absolute atomic E-state index is 11.8. The lowest BCUT2D eigenvalue weighted by molar-refractivity contribution is -0.124. The van der Waals surface area contributed by atoms with Crippen LogP contribution in [-0.4, -0.2) is 26.9 Å². The monoisotopic (exact) mass is 327 g/mol. The first-order valence-electron chi connectivity index (χ1n) is 7.29. The maximum atomic E-state index is 11.8. The number of amides is 1. The molecule has 0 fully saturated rings. The van der Waals surface area contributed by atoms with Crippen molar-refractivity contribution in [2.45, 2.75) is 39.1 Å². The molecule has 4 N–H and O–H groups in total. The fourth-order valence-electron chi connectivity index (χ4n) is 1.84. The van der Waals surface area contributed by atoms with Crippen molar-refractivity contribution in [2.75, 3.05) is 6.54 Å². The van der Waals surface area contributed by atoms with Crippen molar-refractivity contribution in [1.29, 1.82) is 0 Å². The topological polar surface area (TPSA) is 101 Å². The van der Waals surface area contributed by atoms with Crippen molar-refractivity contribution >= 4 is 15.9 Å². The molecule has 22 heavy (non-hydrogen) atoms. The van der Waals surface area contributed by atoms with Crippen LogP contribution in [0.4, 0.5) is 0 Å².